The highest BCUT2D eigenvalue weighted by Crippen LogP contribution is 2.63. The van der Waals surface area contributed by atoms with E-state index in [0.717, 1.165) is 17.5 Å². The van der Waals surface area contributed by atoms with Crippen LogP contribution in [0.3, 0.4) is 0 Å². The maximum absolute atomic E-state index is 13.3. The molecule has 1 aliphatic carbocycles. The van der Waals surface area contributed by atoms with Crippen molar-refractivity contribution in [3.05, 3.63) is 65.2 Å². The molecule has 1 saturated carbocycles. The third-order valence-electron chi connectivity index (χ3n) is 5.44. The Morgan fingerprint density at radius 3 is 2.22 bits per heavy atom. The number of nitrogens with zero attached hydrogens (tertiary/aromatic N) is 1. The molecule has 5 heteroatoms. The summed E-state index contributed by atoms with van der Waals surface area (Å²) >= 11 is 0. The highest BCUT2D eigenvalue weighted by Gasteiger charge is 2.72. The van der Waals surface area contributed by atoms with Crippen LogP contribution in [0.25, 0.3) is 0 Å². The third-order valence-corrected chi connectivity index (χ3v) is 7.73. The number of ether oxygens (including phenoxy) is 1. The largest absolute Gasteiger partial charge is 0.380 e. The van der Waals surface area contributed by atoms with Crippen molar-refractivity contribution in [1.29, 1.82) is 5.26 Å². The van der Waals surface area contributed by atoms with Gasteiger partial charge in [-0.3, -0.25) is 0 Å². The first-order valence-electron chi connectivity index (χ1n) is 9.29. The van der Waals surface area contributed by atoms with Crippen molar-refractivity contribution in [2.75, 3.05) is 13.2 Å². The molecule has 0 amide bonds. The van der Waals surface area contributed by atoms with Gasteiger partial charge in [0, 0.05) is 12.5 Å². The highest BCUT2D eigenvalue weighted by molar-refractivity contribution is 7.92. The fraction of sp³-hybridized carbons (Fsp3) is 0.409. The second kappa shape index (κ2) is 7.46. The van der Waals surface area contributed by atoms with Gasteiger partial charge in [0.15, 0.2) is 9.84 Å². The predicted molar refractivity (Wildman–Crippen MR) is 105 cm³/mol. The van der Waals surface area contributed by atoms with Gasteiger partial charge in [0.1, 0.15) is 5.41 Å². The Hall–Kier alpha value is -2.16. The molecule has 0 heterocycles. The average molecular weight is 384 g/mol. The van der Waals surface area contributed by atoms with E-state index in [4.69, 9.17) is 4.74 Å². The molecule has 2 aromatic rings. The van der Waals surface area contributed by atoms with Crippen molar-refractivity contribution in [3.63, 3.8) is 0 Å². The molecule has 1 aliphatic rings. The minimum atomic E-state index is -3.65. The van der Waals surface area contributed by atoms with Gasteiger partial charge in [-0.1, -0.05) is 48.9 Å². The highest BCUT2D eigenvalue weighted by atomic mass is 32.2. The molecule has 0 spiro atoms. The van der Waals surface area contributed by atoms with Crippen LogP contribution in [0.1, 0.15) is 36.5 Å². The fourth-order valence-corrected chi connectivity index (χ4v) is 6.09. The number of aryl methyl sites for hydroxylation is 2. The Labute approximate surface area is 161 Å². The van der Waals surface area contributed by atoms with E-state index in [1.165, 1.54) is 5.56 Å². The molecular formula is C22H25NO3S. The fourth-order valence-electron chi connectivity index (χ4n) is 3.78. The Kier molecular flexibility index (Phi) is 5.41. The van der Waals surface area contributed by atoms with Gasteiger partial charge < -0.3 is 4.74 Å². The van der Waals surface area contributed by atoms with E-state index in [1.54, 1.807) is 24.3 Å². The van der Waals surface area contributed by atoms with Crippen LogP contribution < -0.4 is 0 Å². The van der Waals surface area contributed by atoms with Crippen LogP contribution in [-0.2, 0) is 21.0 Å². The zero-order valence-electron chi connectivity index (χ0n) is 16.0. The summed E-state index contributed by atoms with van der Waals surface area (Å²) < 4.78 is 32.2. The molecule has 3 atom stereocenters. The van der Waals surface area contributed by atoms with Crippen LogP contribution in [-0.4, -0.2) is 26.9 Å². The normalized spacial score (nSPS) is 24.4. The lowest BCUT2D eigenvalue weighted by atomic mass is 10.00. The second-order valence-electron chi connectivity index (χ2n) is 7.14. The van der Waals surface area contributed by atoms with E-state index < -0.39 is 20.5 Å². The Morgan fingerprint density at radius 2 is 1.70 bits per heavy atom. The molecule has 1 fully saturated rings. The van der Waals surface area contributed by atoms with E-state index in [2.05, 4.69) is 13.0 Å². The van der Waals surface area contributed by atoms with Crippen molar-refractivity contribution < 1.29 is 13.2 Å². The number of rotatable bonds is 7. The van der Waals surface area contributed by atoms with Crippen LogP contribution in [0, 0.1) is 23.7 Å². The first-order valence-corrected chi connectivity index (χ1v) is 10.8. The van der Waals surface area contributed by atoms with E-state index in [0.29, 0.717) is 6.61 Å². The summed E-state index contributed by atoms with van der Waals surface area (Å²) in [6, 6.07) is 17.0. The summed E-state index contributed by atoms with van der Waals surface area (Å²) in [5.74, 6) is -0.383. The van der Waals surface area contributed by atoms with Gasteiger partial charge in [-0.05, 0) is 43.5 Å². The molecule has 142 valence electrons. The molecule has 0 N–H and O–H groups in total. The smallest absolute Gasteiger partial charge is 0.183 e. The molecule has 0 aliphatic heterocycles. The topological polar surface area (TPSA) is 67.2 Å². The van der Waals surface area contributed by atoms with Gasteiger partial charge in [0.25, 0.3) is 0 Å². The molecule has 4 nitrogen and oxygen atoms in total. The molecule has 3 rings (SSSR count). The van der Waals surface area contributed by atoms with Gasteiger partial charge in [0.05, 0.1) is 22.8 Å². The molecule has 0 bridgehead atoms. The van der Waals surface area contributed by atoms with E-state index in [-0.39, 0.29) is 17.4 Å². The van der Waals surface area contributed by atoms with Crippen molar-refractivity contribution in [2.45, 2.75) is 43.3 Å². The predicted octanol–water partition coefficient (Wildman–Crippen LogP) is 4.04. The quantitative estimate of drug-likeness (QED) is 0.723. The number of hydrogen-bond donors (Lipinski definition) is 0. The Morgan fingerprint density at radius 1 is 1.07 bits per heavy atom. The lowest BCUT2D eigenvalue weighted by Gasteiger charge is -2.10. The molecule has 0 saturated heterocycles. The van der Waals surface area contributed by atoms with Gasteiger partial charge in [-0.15, -0.1) is 0 Å². The van der Waals surface area contributed by atoms with Crippen molar-refractivity contribution in [1.82, 2.24) is 0 Å². The van der Waals surface area contributed by atoms with Crippen LogP contribution >= 0.6 is 0 Å². The van der Waals surface area contributed by atoms with Crippen LogP contribution in [0.4, 0.5) is 0 Å². The molecule has 3 unspecified atom stereocenters. The average Bonchev–Trinajstić information content (AvgIpc) is 3.37. The van der Waals surface area contributed by atoms with Gasteiger partial charge >= 0.3 is 0 Å². The van der Waals surface area contributed by atoms with Crippen molar-refractivity contribution in [2.24, 2.45) is 5.41 Å². The minimum Gasteiger partial charge on any atom is -0.380 e. The minimum absolute atomic E-state index is 0.121. The third kappa shape index (κ3) is 3.40. The number of hydrogen-bond acceptors (Lipinski definition) is 4. The van der Waals surface area contributed by atoms with Gasteiger partial charge in [-0.2, -0.15) is 5.26 Å². The molecular weight excluding hydrogens is 358 g/mol. The lowest BCUT2D eigenvalue weighted by molar-refractivity contribution is 0.117. The van der Waals surface area contributed by atoms with Gasteiger partial charge in [0.2, 0.25) is 0 Å². The molecule has 27 heavy (non-hydrogen) atoms. The van der Waals surface area contributed by atoms with Crippen molar-refractivity contribution in [3.8, 4) is 6.07 Å². The molecule has 2 aromatic carbocycles. The van der Waals surface area contributed by atoms with Crippen LogP contribution in [0.5, 0.6) is 0 Å². The monoisotopic (exact) mass is 383 g/mol. The number of sulfone groups is 1. The Bertz CT molecular complexity index is 943. The summed E-state index contributed by atoms with van der Waals surface area (Å²) in [7, 11) is -3.65. The zero-order chi connectivity index (χ0) is 19.7. The van der Waals surface area contributed by atoms with Gasteiger partial charge in [-0.25, -0.2) is 8.42 Å². The zero-order valence-corrected chi connectivity index (χ0v) is 16.8. The van der Waals surface area contributed by atoms with Crippen molar-refractivity contribution >= 4 is 9.84 Å². The summed E-state index contributed by atoms with van der Waals surface area (Å²) in [5.41, 5.74) is 2.02. The Balaban J connectivity index is 2.04. The first kappa shape index (κ1) is 19.6. The number of nitriles is 1. The molecule has 0 radical (unpaired) electrons. The maximum Gasteiger partial charge on any atom is 0.183 e. The van der Waals surface area contributed by atoms with E-state index >= 15 is 0 Å². The summed E-state index contributed by atoms with van der Waals surface area (Å²) in [6.45, 7) is 6.41. The lowest BCUT2D eigenvalue weighted by Crippen LogP contribution is -2.19. The summed E-state index contributed by atoms with van der Waals surface area (Å²) in [4.78, 5) is 0.266. The first-order chi connectivity index (χ1) is 12.9. The standard InChI is InChI=1S/C22H25NO3S/c1-4-17-8-10-18(11-9-17)20-21(22(20,14-23)15-26-5-2)27(24,25)19-12-6-16(3)7-13-19/h6-13,20-21H,4-5,15H2,1-3H3. The second-order valence-corrected chi connectivity index (χ2v) is 9.21. The van der Waals surface area contributed by atoms with E-state index in [9.17, 15) is 13.7 Å². The van der Waals surface area contributed by atoms with Crippen LogP contribution in [0.2, 0.25) is 0 Å². The molecule has 0 aromatic heterocycles. The maximum atomic E-state index is 13.3. The van der Waals surface area contributed by atoms with E-state index in [1.807, 2.05) is 38.1 Å². The summed E-state index contributed by atoms with van der Waals surface area (Å²) in [5, 5.41) is 9.15. The number of benzene rings is 2. The SMILES string of the molecule is CCOCC1(C#N)C(c2ccc(CC)cc2)C1S(=O)(=O)c1ccc(C)cc1. The summed E-state index contributed by atoms with van der Waals surface area (Å²) in [6.07, 6.45) is 0.915. The van der Waals surface area contributed by atoms with Crippen LogP contribution in [0.15, 0.2) is 53.4 Å².